The fourth-order valence-corrected chi connectivity index (χ4v) is 4.89. The topological polar surface area (TPSA) is 121 Å². The van der Waals surface area contributed by atoms with Crippen molar-refractivity contribution in [1.29, 1.82) is 10.5 Å². The summed E-state index contributed by atoms with van der Waals surface area (Å²) in [5.74, 6) is -0.0608. The van der Waals surface area contributed by atoms with E-state index in [1.807, 2.05) is 55.0 Å². The Kier molecular flexibility index (Phi) is 6.01. The van der Waals surface area contributed by atoms with Crippen LogP contribution in [0.4, 0.5) is 11.5 Å². The molecule has 0 unspecified atom stereocenters. The number of rotatable bonds is 4. The molecule has 4 aromatic rings. The number of carbonyl (C=O) groups excluding carboxylic acids is 1. The van der Waals surface area contributed by atoms with Crippen LogP contribution in [0.3, 0.4) is 0 Å². The molecule has 0 saturated heterocycles. The van der Waals surface area contributed by atoms with Gasteiger partial charge in [0.25, 0.3) is 0 Å². The lowest BCUT2D eigenvalue weighted by Crippen LogP contribution is -2.18. The Balaban J connectivity index is 1.59. The average Bonchev–Trinajstić information content (AvgIpc) is 3.35. The summed E-state index contributed by atoms with van der Waals surface area (Å²) in [6, 6.07) is 19.1. The number of amides is 1. The standard InChI is InChI=1S/C29H21ClN6O/c1-16-22(27-17(2)24(13-32)29(33)35-28(27)23(16)12-31)11-18-14-36(25-6-4-3-5-21(18)25)15-26(37)34-20-9-7-19(30)8-10-20/h3-11,14H,15H2,1-2H3,(H2,33,35)(H,34,37)/b22-11+. The van der Waals surface area contributed by atoms with Gasteiger partial charge in [0.2, 0.25) is 5.91 Å². The number of allylic oxidation sites excluding steroid dienone is 3. The molecule has 5 rings (SSSR count). The predicted octanol–water partition coefficient (Wildman–Crippen LogP) is 5.94. The van der Waals surface area contributed by atoms with Gasteiger partial charge in [-0.25, -0.2) is 4.98 Å². The van der Waals surface area contributed by atoms with Crippen LogP contribution in [-0.2, 0) is 11.3 Å². The Morgan fingerprint density at radius 1 is 1.14 bits per heavy atom. The van der Waals surface area contributed by atoms with Crippen LogP contribution in [0.2, 0.25) is 5.02 Å². The summed E-state index contributed by atoms with van der Waals surface area (Å²) in [6.45, 7) is 3.80. The van der Waals surface area contributed by atoms with E-state index < -0.39 is 0 Å². The molecule has 1 aliphatic carbocycles. The minimum atomic E-state index is -0.175. The van der Waals surface area contributed by atoms with E-state index in [0.717, 1.165) is 33.2 Å². The molecular formula is C29H21ClN6O. The van der Waals surface area contributed by atoms with Crippen molar-refractivity contribution in [1.82, 2.24) is 9.55 Å². The first-order valence-corrected chi connectivity index (χ1v) is 11.9. The van der Waals surface area contributed by atoms with E-state index in [1.165, 1.54) is 0 Å². The number of carbonyl (C=O) groups is 1. The minimum Gasteiger partial charge on any atom is -0.383 e. The van der Waals surface area contributed by atoms with Gasteiger partial charge in [-0.2, -0.15) is 10.5 Å². The molecule has 1 aliphatic rings. The van der Waals surface area contributed by atoms with E-state index in [9.17, 15) is 15.3 Å². The number of fused-ring (bicyclic) bond motifs is 2. The molecule has 7 nitrogen and oxygen atoms in total. The van der Waals surface area contributed by atoms with Crippen molar-refractivity contribution in [3.8, 4) is 12.1 Å². The second-order valence-electron chi connectivity index (χ2n) is 8.79. The number of hydrogen-bond donors (Lipinski definition) is 2. The van der Waals surface area contributed by atoms with E-state index in [4.69, 9.17) is 17.3 Å². The highest BCUT2D eigenvalue weighted by molar-refractivity contribution is 6.30. The van der Waals surface area contributed by atoms with Gasteiger partial charge in [-0.3, -0.25) is 4.79 Å². The number of benzene rings is 2. The molecule has 2 aromatic heterocycles. The smallest absolute Gasteiger partial charge is 0.244 e. The summed E-state index contributed by atoms with van der Waals surface area (Å²) in [6.07, 6.45) is 3.90. The number of nitriles is 2. The van der Waals surface area contributed by atoms with E-state index in [-0.39, 0.29) is 18.3 Å². The van der Waals surface area contributed by atoms with Crippen LogP contribution < -0.4 is 11.1 Å². The van der Waals surface area contributed by atoms with E-state index in [0.29, 0.717) is 33.1 Å². The highest BCUT2D eigenvalue weighted by Crippen LogP contribution is 2.44. The second kappa shape index (κ2) is 9.31. The monoisotopic (exact) mass is 504 g/mol. The molecule has 0 aliphatic heterocycles. The van der Waals surface area contributed by atoms with Gasteiger partial charge in [-0.1, -0.05) is 29.8 Å². The number of nitrogens with two attached hydrogens (primary N) is 1. The van der Waals surface area contributed by atoms with Crippen LogP contribution in [0.5, 0.6) is 0 Å². The molecule has 2 aromatic carbocycles. The van der Waals surface area contributed by atoms with Gasteiger partial charge in [0, 0.05) is 38.9 Å². The number of nitrogen functional groups attached to an aromatic ring is 1. The number of anilines is 2. The molecule has 1 amide bonds. The summed E-state index contributed by atoms with van der Waals surface area (Å²) in [4.78, 5) is 17.2. The molecule has 0 saturated carbocycles. The predicted molar refractivity (Wildman–Crippen MR) is 146 cm³/mol. The third kappa shape index (κ3) is 4.12. The first kappa shape index (κ1) is 23.9. The van der Waals surface area contributed by atoms with Crippen LogP contribution in [-0.4, -0.2) is 15.5 Å². The molecule has 0 spiro atoms. The maximum absolute atomic E-state index is 12.8. The van der Waals surface area contributed by atoms with Crippen LogP contribution >= 0.6 is 11.6 Å². The van der Waals surface area contributed by atoms with Gasteiger partial charge in [-0.05, 0) is 67.0 Å². The zero-order chi connectivity index (χ0) is 26.3. The molecule has 8 heteroatoms. The number of halogens is 1. The molecule has 2 heterocycles. The first-order valence-electron chi connectivity index (χ1n) is 11.5. The molecule has 3 N–H and O–H groups in total. The van der Waals surface area contributed by atoms with Crippen molar-refractivity contribution in [2.45, 2.75) is 20.4 Å². The molecule has 0 fully saturated rings. The van der Waals surface area contributed by atoms with E-state index >= 15 is 0 Å². The Morgan fingerprint density at radius 3 is 2.57 bits per heavy atom. The van der Waals surface area contributed by atoms with Crippen molar-refractivity contribution < 1.29 is 4.79 Å². The number of para-hydroxylation sites is 1. The summed E-state index contributed by atoms with van der Waals surface area (Å²) in [5.41, 5.74) is 12.7. The maximum atomic E-state index is 12.8. The van der Waals surface area contributed by atoms with Crippen LogP contribution in [0, 0.1) is 29.6 Å². The number of aromatic nitrogens is 2. The van der Waals surface area contributed by atoms with Crippen molar-refractivity contribution >= 4 is 57.1 Å². The van der Waals surface area contributed by atoms with Gasteiger partial charge < -0.3 is 15.6 Å². The molecule has 0 bridgehead atoms. The molecule has 37 heavy (non-hydrogen) atoms. The van der Waals surface area contributed by atoms with Gasteiger partial charge in [0.1, 0.15) is 24.5 Å². The van der Waals surface area contributed by atoms with Crippen LogP contribution in [0.1, 0.15) is 34.9 Å². The Bertz CT molecular complexity index is 1750. The van der Waals surface area contributed by atoms with Crippen molar-refractivity contribution in [3.05, 3.63) is 93.3 Å². The minimum absolute atomic E-state index is 0.108. The van der Waals surface area contributed by atoms with E-state index in [2.05, 4.69) is 22.4 Å². The van der Waals surface area contributed by atoms with Crippen LogP contribution in [0.25, 0.3) is 28.1 Å². The Morgan fingerprint density at radius 2 is 1.86 bits per heavy atom. The Hall–Kier alpha value is -4.85. The fourth-order valence-electron chi connectivity index (χ4n) is 4.76. The second-order valence-corrected chi connectivity index (χ2v) is 9.22. The average molecular weight is 505 g/mol. The van der Waals surface area contributed by atoms with Crippen molar-refractivity contribution in [2.24, 2.45) is 0 Å². The SMILES string of the molecule is CC1=C(C#N)c2nc(N)c(C#N)c(C)c2/C1=C/c1cn(CC(=O)Nc2ccc(Cl)cc2)c2ccccc12. The number of pyridine rings is 1. The first-order chi connectivity index (χ1) is 17.8. The zero-order valence-corrected chi connectivity index (χ0v) is 20.9. The maximum Gasteiger partial charge on any atom is 0.244 e. The van der Waals surface area contributed by atoms with E-state index in [1.54, 1.807) is 24.3 Å². The number of nitrogens with zero attached hydrogens (tertiary/aromatic N) is 4. The lowest BCUT2D eigenvalue weighted by atomic mass is 9.95. The summed E-state index contributed by atoms with van der Waals surface area (Å²) in [7, 11) is 0. The van der Waals surface area contributed by atoms with Crippen molar-refractivity contribution in [3.63, 3.8) is 0 Å². The third-order valence-electron chi connectivity index (χ3n) is 6.55. The van der Waals surface area contributed by atoms with Gasteiger partial charge in [0.15, 0.2) is 0 Å². The Labute approximate surface area is 218 Å². The highest BCUT2D eigenvalue weighted by Gasteiger charge is 2.30. The number of hydrogen-bond acceptors (Lipinski definition) is 5. The normalized spacial score (nSPS) is 13.5. The number of nitrogens with one attached hydrogen (secondary N) is 1. The van der Waals surface area contributed by atoms with Crippen molar-refractivity contribution in [2.75, 3.05) is 11.1 Å². The molecule has 0 radical (unpaired) electrons. The summed E-state index contributed by atoms with van der Waals surface area (Å²) < 4.78 is 1.89. The highest BCUT2D eigenvalue weighted by atomic mass is 35.5. The zero-order valence-electron chi connectivity index (χ0n) is 20.1. The largest absolute Gasteiger partial charge is 0.383 e. The fraction of sp³-hybridized carbons (Fsp3) is 0.103. The molecule has 180 valence electrons. The lowest BCUT2D eigenvalue weighted by Gasteiger charge is -2.10. The summed E-state index contributed by atoms with van der Waals surface area (Å²) >= 11 is 5.94. The van der Waals surface area contributed by atoms with Gasteiger partial charge in [-0.15, -0.1) is 0 Å². The molecular weight excluding hydrogens is 484 g/mol. The third-order valence-corrected chi connectivity index (χ3v) is 6.80. The quantitative estimate of drug-likeness (QED) is 0.356. The molecule has 0 atom stereocenters. The van der Waals surface area contributed by atoms with Gasteiger partial charge >= 0.3 is 0 Å². The van der Waals surface area contributed by atoms with Crippen LogP contribution in [0.15, 0.2) is 60.3 Å². The van der Waals surface area contributed by atoms with Gasteiger partial charge in [0.05, 0.1) is 16.8 Å². The lowest BCUT2D eigenvalue weighted by molar-refractivity contribution is -0.116. The summed E-state index contributed by atoms with van der Waals surface area (Å²) in [5, 5.41) is 23.9.